The van der Waals surface area contributed by atoms with Gasteiger partial charge in [-0.1, -0.05) is 49.7 Å². The molecule has 0 amide bonds. The van der Waals surface area contributed by atoms with E-state index in [-0.39, 0.29) is 1.43 Å². The molecule has 0 aromatic heterocycles. The second-order valence-corrected chi connectivity index (χ2v) is 7.81. The summed E-state index contributed by atoms with van der Waals surface area (Å²) >= 11 is 0. The summed E-state index contributed by atoms with van der Waals surface area (Å²) < 4.78 is 59.2. The van der Waals surface area contributed by atoms with Crippen molar-refractivity contribution < 1.29 is 26.6 Å². The molecule has 2 aromatic carbocycles. The van der Waals surface area contributed by atoms with E-state index in [2.05, 4.69) is 60.4 Å². The van der Waals surface area contributed by atoms with Gasteiger partial charge in [0.2, 0.25) is 0 Å². The van der Waals surface area contributed by atoms with Gasteiger partial charge in [-0.2, -0.15) is 0 Å². The molecule has 1 aliphatic rings. The summed E-state index contributed by atoms with van der Waals surface area (Å²) in [5.41, 5.74) is 5.69. The van der Waals surface area contributed by atoms with Gasteiger partial charge in [0.1, 0.15) is 0 Å². The van der Waals surface area contributed by atoms with Gasteiger partial charge in [0, 0.05) is 24.3 Å². The van der Waals surface area contributed by atoms with Crippen LogP contribution in [0.3, 0.4) is 0 Å². The van der Waals surface area contributed by atoms with E-state index in [1.54, 1.807) is 0 Å². The van der Waals surface area contributed by atoms with E-state index in [1.165, 1.54) is 35.3 Å². The first-order chi connectivity index (χ1) is 11.3. The zero-order chi connectivity index (χ0) is 18.8. The van der Waals surface area contributed by atoms with E-state index in [0.717, 1.165) is 13.0 Å². The molecule has 0 aliphatic carbocycles. The van der Waals surface area contributed by atoms with Crippen molar-refractivity contribution in [2.45, 2.75) is 26.2 Å². The van der Waals surface area contributed by atoms with E-state index >= 15 is 0 Å². The monoisotopic (exact) mass is 383 g/mol. The number of hydrogen-bond donors (Lipinski definition) is 0. The molecule has 1 nitrogen and oxygen atoms in total. The Bertz CT molecular complexity index is 691. The van der Waals surface area contributed by atoms with E-state index < -0.39 is 7.81 Å². The molecule has 8 heteroatoms. The number of hydrogen-bond acceptors (Lipinski definition) is 1. The number of unbranched alkanes of at least 4 members (excludes halogenated alkanes) is 1. The summed E-state index contributed by atoms with van der Waals surface area (Å²) in [6.45, 7) is 3.37. The summed E-state index contributed by atoms with van der Waals surface area (Å²) in [4.78, 5) is 2.48. The van der Waals surface area contributed by atoms with E-state index in [9.17, 15) is 25.2 Å². The van der Waals surface area contributed by atoms with Crippen LogP contribution in [0.25, 0.3) is 0 Å². The van der Waals surface area contributed by atoms with Gasteiger partial charge in [0.25, 0.3) is 0 Å². The maximum Gasteiger partial charge on any atom is 1.00 e. The second-order valence-electron chi connectivity index (χ2n) is 5.90. The normalized spacial score (nSPS) is 15.9. The quantitative estimate of drug-likeness (QED) is 0.383. The third-order valence-electron chi connectivity index (χ3n) is 3.68. The molecule has 0 N–H and O–H groups in total. The first-order valence-corrected chi connectivity index (χ1v) is 9.87. The molecule has 1 aliphatic heterocycles. The van der Waals surface area contributed by atoms with Crippen LogP contribution >= 0.6 is 7.81 Å². The zero-order valence-electron chi connectivity index (χ0n) is 14.6. The van der Waals surface area contributed by atoms with Gasteiger partial charge in [-0.25, -0.2) is 0 Å². The van der Waals surface area contributed by atoms with Crippen molar-refractivity contribution in [1.82, 2.24) is 0 Å². The van der Waals surface area contributed by atoms with Crippen LogP contribution in [0, 0.1) is 0 Å². The minimum atomic E-state index is -10.7. The van der Waals surface area contributed by atoms with Gasteiger partial charge in [-0.15, -0.1) is 0 Å². The fourth-order valence-electron chi connectivity index (χ4n) is 2.74. The molecular weight excluding hydrogens is 363 g/mol. The van der Waals surface area contributed by atoms with Crippen molar-refractivity contribution in [3.05, 3.63) is 59.7 Å². The van der Waals surface area contributed by atoms with Crippen LogP contribution in [0.1, 0.15) is 32.3 Å². The van der Waals surface area contributed by atoms with Crippen molar-refractivity contribution in [3.8, 4) is 0 Å². The molecule has 3 rings (SSSR count). The number of para-hydroxylation sites is 2. The first-order valence-electron chi connectivity index (χ1n) is 7.85. The Balaban J connectivity index is 0.000000366. The third-order valence-corrected chi connectivity index (χ3v) is 3.68. The smallest absolute Gasteiger partial charge is 1.00 e. The summed E-state index contributed by atoms with van der Waals surface area (Å²) in [5.74, 6) is 0. The minimum absolute atomic E-state index is 0. The Morgan fingerprint density at radius 1 is 0.840 bits per heavy atom. The maximum absolute atomic E-state index is 10.7. The summed E-state index contributed by atoms with van der Waals surface area (Å²) in [7, 11) is -10.7. The van der Waals surface area contributed by atoms with Gasteiger partial charge < -0.3 is 4.90 Å². The van der Waals surface area contributed by atoms with Crippen LogP contribution in [0.15, 0.2) is 48.5 Å². The van der Waals surface area contributed by atoms with Crippen molar-refractivity contribution in [2.75, 3.05) is 11.4 Å². The van der Waals surface area contributed by atoms with Gasteiger partial charge in [-0.3, -0.25) is 0 Å². The summed E-state index contributed by atoms with van der Waals surface area (Å²) in [6, 6.07) is 17.6. The van der Waals surface area contributed by atoms with Gasteiger partial charge in [-0.05, 0) is 29.7 Å². The van der Waals surface area contributed by atoms with Gasteiger partial charge in [0.05, 0.1) is 0 Å². The number of halogens is 6. The predicted octanol–water partition coefficient (Wildman–Crippen LogP) is 8.02. The molecule has 140 valence electrons. The first kappa shape index (κ1) is 19.6. The molecule has 0 spiro atoms. The van der Waals surface area contributed by atoms with Crippen molar-refractivity contribution in [1.29, 1.82) is 0 Å². The van der Waals surface area contributed by atoms with Crippen LogP contribution in [0.2, 0.25) is 0 Å². The Morgan fingerprint density at radius 2 is 1.24 bits per heavy atom. The average molecular weight is 383 g/mol. The SMILES string of the molecule is CCCCN1c2ccccc2Cc2ccccc21.F[P-](F)(F)(F)(F)F.[H+]. The standard InChI is InChI=1S/C17H19N.F6P/c1-2-3-12-18-16-10-6-4-8-14(16)13-15-9-5-7-11-17(15)18;1-7(2,3,4,5)6/h4-11H,2-3,12-13H2,1H3;/q;-1/p+1. The molecule has 0 saturated heterocycles. The maximum atomic E-state index is 9.87. The third kappa shape index (κ3) is 6.94. The Kier molecular flexibility index (Phi) is 4.86. The fraction of sp³-hybridized carbons (Fsp3) is 0.294. The average Bonchev–Trinajstić information content (AvgIpc) is 2.48. The van der Waals surface area contributed by atoms with Crippen molar-refractivity contribution >= 4 is 19.2 Å². The van der Waals surface area contributed by atoms with Crippen LogP contribution in [-0.2, 0) is 6.42 Å². The number of nitrogens with zero attached hydrogens (tertiary/aromatic N) is 1. The molecule has 1 heterocycles. The topological polar surface area (TPSA) is 3.24 Å². The number of benzene rings is 2. The van der Waals surface area contributed by atoms with E-state index in [1.807, 2.05) is 0 Å². The molecule has 0 saturated carbocycles. The molecule has 2 aromatic rings. The predicted molar refractivity (Wildman–Crippen MR) is 92.3 cm³/mol. The Labute approximate surface area is 144 Å². The van der Waals surface area contributed by atoms with Crippen LogP contribution in [0.5, 0.6) is 0 Å². The van der Waals surface area contributed by atoms with Crippen molar-refractivity contribution in [2.24, 2.45) is 0 Å². The molecule has 0 radical (unpaired) electrons. The minimum Gasteiger partial charge on any atom is 1.00 e. The number of anilines is 2. The number of fused-ring (bicyclic) bond motifs is 2. The molecule has 0 atom stereocenters. The fourth-order valence-corrected chi connectivity index (χ4v) is 2.74. The molecular formula is C17H20F6NP. The molecule has 0 bridgehead atoms. The molecule has 0 fully saturated rings. The Morgan fingerprint density at radius 3 is 1.64 bits per heavy atom. The number of rotatable bonds is 3. The van der Waals surface area contributed by atoms with Crippen LogP contribution in [0.4, 0.5) is 36.6 Å². The van der Waals surface area contributed by atoms with Crippen LogP contribution in [-0.4, -0.2) is 6.54 Å². The molecule has 25 heavy (non-hydrogen) atoms. The van der Waals surface area contributed by atoms with E-state index in [0.29, 0.717) is 0 Å². The second kappa shape index (κ2) is 6.20. The summed E-state index contributed by atoms with van der Waals surface area (Å²) in [5, 5.41) is 0. The van der Waals surface area contributed by atoms with E-state index in [4.69, 9.17) is 0 Å². The summed E-state index contributed by atoms with van der Waals surface area (Å²) in [6.07, 6.45) is 3.54. The Hall–Kier alpha value is -1.75. The van der Waals surface area contributed by atoms with Crippen molar-refractivity contribution in [3.63, 3.8) is 0 Å². The van der Waals surface area contributed by atoms with Gasteiger partial charge in [0.15, 0.2) is 0 Å². The van der Waals surface area contributed by atoms with Gasteiger partial charge >= 0.3 is 34.4 Å². The zero-order valence-corrected chi connectivity index (χ0v) is 14.5. The molecule has 0 unspecified atom stereocenters. The van der Waals surface area contributed by atoms with Crippen LogP contribution < -0.4 is 4.90 Å². The largest absolute Gasteiger partial charge is 1.00 e.